The van der Waals surface area contributed by atoms with E-state index in [1.807, 2.05) is 20.8 Å². The van der Waals surface area contributed by atoms with E-state index in [4.69, 9.17) is 0 Å². The van der Waals surface area contributed by atoms with Gasteiger partial charge in [-0.1, -0.05) is 6.42 Å². The molecule has 0 amide bonds. The van der Waals surface area contributed by atoms with Gasteiger partial charge in [-0.25, -0.2) is 0 Å². The first-order chi connectivity index (χ1) is 5.91. The lowest BCUT2D eigenvalue weighted by atomic mass is 9.93. The average molecular weight is 184 g/mol. The van der Waals surface area contributed by atoms with E-state index in [1.54, 1.807) is 0 Å². The van der Waals surface area contributed by atoms with Crippen LogP contribution in [0.4, 0.5) is 0 Å². The molecule has 0 aliphatic heterocycles. The van der Waals surface area contributed by atoms with E-state index in [1.165, 1.54) is 6.42 Å². The molecule has 13 heavy (non-hydrogen) atoms. The van der Waals surface area contributed by atoms with Crippen LogP contribution in [0.1, 0.15) is 52.9 Å². The van der Waals surface area contributed by atoms with E-state index < -0.39 is 5.72 Å². The molecule has 3 nitrogen and oxygen atoms in total. The Morgan fingerprint density at radius 1 is 1.08 bits per heavy atom. The minimum atomic E-state index is -0.856. The van der Waals surface area contributed by atoms with Crippen molar-refractivity contribution in [1.29, 1.82) is 0 Å². The third kappa shape index (κ3) is 3.85. The van der Waals surface area contributed by atoms with Gasteiger partial charge in [-0.05, 0) is 46.5 Å². The maximum Gasteiger partial charge on any atom is 0.176 e. The molecule has 1 aliphatic carbocycles. The molecule has 0 heterocycles. The summed E-state index contributed by atoms with van der Waals surface area (Å²) in [4.78, 5) is 0. The molecule has 0 spiro atoms. The molecule has 0 aromatic carbocycles. The molecule has 0 aromatic heterocycles. The van der Waals surface area contributed by atoms with Crippen LogP contribution in [-0.4, -0.2) is 16.4 Å². The molecule has 0 unspecified atom stereocenters. The van der Waals surface area contributed by atoms with Crippen molar-refractivity contribution in [3.63, 3.8) is 0 Å². The lowest BCUT2D eigenvalue weighted by molar-refractivity contribution is 0.00335. The quantitative estimate of drug-likeness (QED) is 0.626. The third-order valence-electron chi connectivity index (χ3n) is 2.19. The van der Waals surface area contributed by atoms with Crippen LogP contribution in [0.5, 0.6) is 0 Å². The molecule has 0 saturated heterocycles. The highest BCUT2D eigenvalue weighted by atomic mass is 16.3. The molecule has 0 bridgehead atoms. The monoisotopic (exact) mass is 184 g/mol. The first-order valence-corrected chi connectivity index (χ1v) is 5.08. The van der Waals surface area contributed by atoms with Gasteiger partial charge in [0.1, 0.15) is 0 Å². The molecular formula is C10H20N2O. The number of rotatable bonds is 1. The van der Waals surface area contributed by atoms with Crippen molar-refractivity contribution in [2.45, 2.75) is 64.1 Å². The Kier molecular flexibility index (Phi) is 3.06. The standard InChI is InChI=1S/C10H20N2O/c1-9(2,3)11-12-10(13)7-5-4-6-8-10/h13H,4-8H2,1-3H3. The van der Waals surface area contributed by atoms with Crippen LogP contribution in [0.15, 0.2) is 10.2 Å². The Balaban J connectivity index is 2.55. The summed E-state index contributed by atoms with van der Waals surface area (Å²) < 4.78 is 0. The molecule has 1 rings (SSSR count). The van der Waals surface area contributed by atoms with Gasteiger partial charge in [0.25, 0.3) is 0 Å². The summed E-state index contributed by atoms with van der Waals surface area (Å²) in [7, 11) is 0. The fraction of sp³-hybridized carbons (Fsp3) is 1.00. The molecule has 1 N–H and O–H groups in total. The second-order valence-corrected chi connectivity index (χ2v) is 4.91. The van der Waals surface area contributed by atoms with Gasteiger partial charge >= 0.3 is 0 Å². The Morgan fingerprint density at radius 2 is 1.62 bits per heavy atom. The number of aliphatic hydroxyl groups is 1. The van der Waals surface area contributed by atoms with E-state index in [0.717, 1.165) is 25.7 Å². The molecule has 0 aromatic rings. The number of nitrogens with zero attached hydrogens (tertiary/aromatic N) is 2. The van der Waals surface area contributed by atoms with Gasteiger partial charge < -0.3 is 5.11 Å². The Bertz CT molecular complexity index is 188. The van der Waals surface area contributed by atoms with Crippen LogP contribution in [0, 0.1) is 0 Å². The zero-order valence-electron chi connectivity index (χ0n) is 8.88. The summed E-state index contributed by atoms with van der Waals surface area (Å²) in [6.07, 6.45) is 4.89. The first kappa shape index (κ1) is 10.6. The minimum Gasteiger partial charge on any atom is -0.368 e. The molecule has 0 atom stereocenters. The fourth-order valence-electron chi connectivity index (χ4n) is 1.46. The summed E-state index contributed by atoms with van der Waals surface area (Å²) in [5.41, 5.74) is -1.03. The van der Waals surface area contributed by atoms with Crippen LogP contribution in [0.25, 0.3) is 0 Å². The van der Waals surface area contributed by atoms with Crippen molar-refractivity contribution in [3.8, 4) is 0 Å². The topological polar surface area (TPSA) is 45.0 Å². The van der Waals surface area contributed by atoms with Crippen LogP contribution in [-0.2, 0) is 0 Å². The molecule has 76 valence electrons. The first-order valence-electron chi connectivity index (χ1n) is 5.08. The highest BCUT2D eigenvalue weighted by molar-refractivity contribution is 4.80. The summed E-state index contributed by atoms with van der Waals surface area (Å²) in [5, 5.41) is 18.2. The van der Waals surface area contributed by atoms with Crippen molar-refractivity contribution >= 4 is 0 Å². The van der Waals surface area contributed by atoms with Crippen molar-refractivity contribution in [3.05, 3.63) is 0 Å². The summed E-state index contributed by atoms with van der Waals surface area (Å²) >= 11 is 0. The number of hydrogen-bond acceptors (Lipinski definition) is 3. The zero-order valence-corrected chi connectivity index (χ0v) is 8.88. The van der Waals surface area contributed by atoms with Gasteiger partial charge in [0.15, 0.2) is 5.72 Å². The molecule has 1 aliphatic rings. The third-order valence-corrected chi connectivity index (χ3v) is 2.19. The van der Waals surface area contributed by atoms with Gasteiger partial charge in [0.05, 0.1) is 5.54 Å². The molecule has 1 saturated carbocycles. The second kappa shape index (κ2) is 3.74. The van der Waals surface area contributed by atoms with Crippen LogP contribution < -0.4 is 0 Å². The lowest BCUT2D eigenvalue weighted by Gasteiger charge is -2.27. The lowest BCUT2D eigenvalue weighted by Crippen LogP contribution is -2.29. The maximum atomic E-state index is 9.97. The van der Waals surface area contributed by atoms with Gasteiger partial charge in [-0.15, -0.1) is 0 Å². The van der Waals surface area contributed by atoms with Crippen molar-refractivity contribution in [1.82, 2.24) is 0 Å². The van der Waals surface area contributed by atoms with Crippen molar-refractivity contribution in [2.24, 2.45) is 10.2 Å². The fourth-order valence-corrected chi connectivity index (χ4v) is 1.46. The average Bonchev–Trinajstić information content (AvgIpc) is 2.02. The largest absolute Gasteiger partial charge is 0.368 e. The molecular weight excluding hydrogens is 164 g/mol. The van der Waals surface area contributed by atoms with E-state index in [2.05, 4.69) is 10.2 Å². The Labute approximate surface area is 80.3 Å². The van der Waals surface area contributed by atoms with E-state index in [9.17, 15) is 5.11 Å². The number of hydrogen-bond donors (Lipinski definition) is 1. The number of azo groups is 1. The summed E-state index contributed by atoms with van der Waals surface area (Å²) in [6, 6.07) is 0. The second-order valence-electron chi connectivity index (χ2n) is 4.91. The zero-order chi connectivity index (χ0) is 9.95. The molecule has 3 heteroatoms. The van der Waals surface area contributed by atoms with E-state index in [0.29, 0.717) is 0 Å². The van der Waals surface area contributed by atoms with Crippen LogP contribution in [0.3, 0.4) is 0 Å². The van der Waals surface area contributed by atoms with Crippen molar-refractivity contribution in [2.75, 3.05) is 0 Å². The Morgan fingerprint density at radius 3 is 2.08 bits per heavy atom. The normalized spacial score (nSPS) is 23.7. The SMILES string of the molecule is CC(C)(C)N=NC1(O)CCCCC1. The van der Waals surface area contributed by atoms with E-state index >= 15 is 0 Å². The smallest absolute Gasteiger partial charge is 0.176 e. The maximum absolute atomic E-state index is 9.97. The predicted octanol–water partition coefficient (Wildman–Crippen LogP) is 2.89. The highest BCUT2D eigenvalue weighted by Crippen LogP contribution is 2.30. The minimum absolute atomic E-state index is 0.173. The van der Waals surface area contributed by atoms with Gasteiger partial charge in [-0.2, -0.15) is 10.2 Å². The van der Waals surface area contributed by atoms with Gasteiger partial charge in [0.2, 0.25) is 0 Å². The van der Waals surface area contributed by atoms with Gasteiger partial charge in [0, 0.05) is 0 Å². The van der Waals surface area contributed by atoms with Crippen molar-refractivity contribution < 1.29 is 5.11 Å². The molecule has 0 radical (unpaired) electrons. The summed E-state index contributed by atoms with van der Waals surface area (Å²) in [5.74, 6) is 0. The van der Waals surface area contributed by atoms with Crippen LogP contribution >= 0.6 is 0 Å². The Hall–Kier alpha value is -0.440. The summed E-state index contributed by atoms with van der Waals surface area (Å²) in [6.45, 7) is 5.97. The molecule has 1 fully saturated rings. The van der Waals surface area contributed by atoms with E-state index in [-0.39, 0.29) is 5.54 Å². The van der Waals surface area contributed by atoms with Crippen LogP contribution in [0.2, 0.25) is 0 Å². The van der Waals surface area contributed by atoms with Gasteiger partial charge in [-0.3, -0.25) is 0 Å². The predicted molar refractivity (Wildman–Crippen MR) is 52.6 cm³/mol. The highest BCUT2D eigenvalue weighted by Gasteiger charge is 2.29.